The largest absolute Gasteiger partial charge is 0.467 e. The number of carbonyl (C=O) groups excluding carboxylic acids is 1. The van der Waals surface area contributed by atoms with Crippen LogP contribution in [0, 0.1) is 11.3 Å². The lowest BCUT2D eigenvalue weighted by molar-refractivity contribution is -0.120. The number of carbonyl (C=O) groups is 1. The molecule has 6 nitrogen and oxygen atoms in total. The third kappa shape index (κ3) is 3.59. The van der Waals surface area contributed by atoms with Gasteiger partial charge in [0, 0.05) is 0 Å². The fourth-order valence-electron chi connectivity index (χ4n) is 3.30. The van der Waals surface area contributed by atoms with E-state index in [1.54, 1.807) is 12.3 Å². The van der Waals surface area contributed by atoms with Gasteiger partial charge in [0.1, 0.15) is 11.8 Å². The van der Waals surface area contributed by atoms with Gasteiger partial charge in [0.15, 0.2) is 5.65 Å². The van der Waals surface area contributed by atoms with Crippen LogP contribution in [0.4, 0.5) is 0 Å². The first kappa shape index (κ1) is 19.1. The number of aryl methyl sites for hydroxylation is 1. The average molecular weight is 404 g/mol. The van der Waals surface area contributed by atoms with E-state index in [0.29, 0.717) is 23.5 Å². The van der Waals surface area contributed by atoms with Crippen LogP contribution in [-0.4, -0.2) is 20.5 Å². The second kappa shape index (κ2) is 8.02. The van der Waals surface area contributed by atoms with E-state index in [-0.39, 0.29) is 11.2 Å². The molecule has 0 bridgehead atoms. The minimum Gasteiger partial charge on any atom is -0.467 e. The number of imidazole rings is 1. The van der Waals surface area contributed by atoms with Crippen LogP contribution in [0.5, 0.6) is 0 Å². The molecule has 7 heteroatoms. The fraction of sp³-hybridized carbons (Fsp3) is 0.227. The lowest BCUT2D eigenvalue weighted by Crippen LogP contribution is -2.30. The summed E-state index contributed by atoms with van der Waals surface area (Å²) in [5, 5.41) is 13.2. The van der Waals surface area contributed by atoms with E-state index in [2.05, 4.69) is 11.4 Å². The Balaban J connectivity index is 1.70. The van der Waals surface area contributed by atoms with Crippen LogP contribution in [0.25, 0.3) is 16.7 Å². The quantitative estimate of drug-likeness (QED) is 0.484. The van der Waals surface area contributed by atoms with Gasteiger partial charge < -0.3 is 9.73 Å². The second-order valence-corrected chi connectivity index (χ2v) is 8.03. The SMILES string of the molecule is CCc1cc(S[C@H](C)C(=O)NCc2ccco2)n2c(nc3ccccc32)c1C#N. The Bertz CT molecular complexity index is 1220. The first-order valence-electron chi connectivity index (χ1n) is 9.42. The standard InChI is InChI=1S/C22H20N4O2S/c1-3-15-11-20(29-14(2)22(27)24-13-16-7-6-10-28-16)26-19-9-5-4-8-18(19)25-21(26)17(15)12-23/h4-11,14H,3,13H2,1-2H3,(H,24,27)/t14-/m1/s1. The van der Waals surface area contributed by atoms with Crippen LogP contribution in [0.2, 0.25) is 0 Å². The maximum absolute atomic E-state index is 12.6. The van der Waals surface area contributed by atoms with E-state index in [1.807, 2.05) is 54.6 Å². The first-order chi connectivity index (χ1) is 14.1. The highest BCUT2D eigenvalue weighted by molar-refractivity contribution is 8.00. The van der Waals surface area contributed by atoms with Crippen LogP contribution in [0.3, 0.4) is 0 Å². The smallest absolute Gasteiger partial charge is 0.233 e. The predicted molar refractivity (Wildman–Crippen MR) is 113 cm³/mol. The van der Waals surface area contributed by atoms with Crippen molar-refractivity contribution in [2.45, 2.75) is 37.1 Å². The molecule has 4 aromatic rings. The molecular formula is C22H20N4O2S. The van der Waals surface area contributed by atoms with Crippen molar-refractivity contribution in [2.75, 3.05) is 0 Å². The number of para-hydroxylation sites is 2. The summed E-state index contributed by atoms with van der Waals surface area (Å²) in [4.78, 5) is 17.3. The Labute approximate surface area is 172 Å². The normalized spacial score (nSPS) is 12.2. The Morgan fingerprint density at radius 3 is 2.90 bits per heavy atom. The molecule has 4 rings (SSSR count). The highest BCUT2D eigenvalue weighted by atomic mass is 32.2. The number of amides is 1. The Hall–Kier alpha value is -3.24. The number of hydrogen-bond donors (Lipinski definition) is 1. The molecule has 0 saturated heterocycles. The molecule has 0 aliphatic heterocycles. The van der Waals surface area contributed by atoms with Crippen molar-refractivity contribution < 1.29 is 9.21 Å². The molecule has 0 unspecified atom stereocenters. The van der Waals surface area contributed by atoms with Crippen molar-refractivity contribution in [3.05, 3.63) is 65.6 Å². The first-order valence-corrected chi connectivity index (χ1v) is 10.3. The zero-order chi connectivity index (χ0) is 20.4. The van der Waals surface area contributed by atoms with Gasteiger partial charge in [0.05, 0.1) is 39.7 Å². The van der Waals surface area contributed by atoms with E-state index >= 15 is 0 Å². The monoisotopic (exact) mass is 404 g/mol. The third-order valence-electron chi connectivity index (χ3n) is 4.80. The van der Waals surface area contributed by atoms with Gasteiger partial charge in [-0.15, -0.1) is 0 Å². The minimum atomic E-state index is -0.327. The maximum Gasteiger partial charge on any atom is 0.233 e. The molecule has 1 atom stereocenters. The van der Waals surface area contributed by atoms with Crippen molar-refractivity contribution in [3.63, 3.8) is 0 Å². The van der Waals surface area contributed by atoms with Gasteiger partial charge in [-0.3, -0.25) is 9.20 Å². The lowest BCUT2D eigenvalue weighted by atomic mass is 10.1. The summed E-state index contributed by atoms with van der Waals surface area (Å²) in [6, 6.07) is 15.7. The molecule has 1 N–H and O–H groups in total. The van der Waals surface area contributed by atoms with Crippen molar-refractivity contribution in [3.8, 4) is 6.07 Å². The molecule has 0 spiro atoms. The number of pyridine rings is 1. The molecule has 1 amide bonds. The average Bonchev–Trinajstić information content (AvgIpc) is 3.39. The molecule has 1 aromatic carbocycles. The number of nitriles is 1. The molecule has 0 aliphatic rings. The van der Waals surface area contributed by atoms with Crippen LogP contribution in [-0.2, 0) is 17.8 Å². The third-order valence-corrected chi connectivity index (χ3v) is 5.91. The van der Waals surface area contributed by atoms with Gasteiger partial charge in [-0.05, 0) is 49.2 Å². The van der Waals surface area contributed by atoms with E-state index in [4.69, 9.17) is 9.40 Å². The number of nitrogens with zero attached hydrogens (tertiary/aromatic N) is 3. The van der Waals surface area contributed by atoms with Crippen LogP contribution >= 0.6 is 11.8 Å². The molecule has 146 valence electrons. The summed E-state index contributed by atoms with van der Waals surface area (Å²) >= 11 is 1.46. The number of nitrogens with one attached hydrogen (secondary N) is 1. The number of thioether (sulfide) groups is 1. The second-order valence-electron chi connectivity index (χ2n) is 6.66. The molecule has 0 aliphatic carbocycles. The number of furan rings is 1. The molecular weight excluding hydrogens is 384 g/mol. The number of benzene rings is 1. The summed E-state index contributed by atoms with van der Waals surface area (Å²) in [6.45, 7) is 4.24. The number of aromatic nitrogens is 2. The maximum atomic E-state index is 12.6. The number of fused-ring (bicyclic) bond motifs is 3. The van der Waals surface area contributed by atoms with Gasteiger partial charge in [-0.1, -0.05) is 30.8 Å². The molecule has 0 radical (unpaired) electrons. The van der Waals surface area contributed by atoms with E-state index < -0.39 is 0 Å². The lowest BCUT2D eigenvalue weighted by Gasteiger charge is -2.15. The number of hydrogen-bond acceptors (Lipinski definition) is 5. The highest BCUT2D eigenvalue weighted by Crippen LogP contribution is 2.32. The van der Waals surface area contributed by atoms with Gasteiger partial charge >= 0.3 is 0 Å². The topological polar surface area (TPSA) is 83.3 Å². The predicted octanol–water partition coefficient (Wildman–Crippen LogP) is 4.31. The van der Waals surface area contributed by atoms with Crippen molar-refractivity contribution in [1.29, 1.82) is 5.26 Å². The Kier molecular flexibility index (Phi) is 5.28. The summed E-state index contributed by atoms with van der Waals surface area (Å²) in [5.41, 5.74) is 3.91. The van der Waals surface area contributed by atoms with E-state index in [1.165, 1.54) is 11.8 Å². The minimum absolute atomic E-state index is 0.0774. The van der Waals surface area contributed by atoms with Crippen molar-refractivity contribution >= 4 is 34.3 Å². The summed E-state index contributed by atoms with van der Waals surface area (Å²) < 4.78 is 7.25. The van der Waals surface area contributed by atoms with Crippen LogP contribution in [0.15, 0.2) is 58.2 Å². The summed E-state index contributed by atoms with van der Waals surface area (Å²) in [7, 11) is 0. The van der Waals surface area contributed by atoms with Crippen molar-refractivity contribution in [2.24, 2.45) is 0 Å². The highest BCUT2D eigenvalue weighted by Gasteiger charge is 2.21. The van der Waals surface area contributed by atoms with Crippen LogP contribution in [0.1, 0.15) is 30.7 Å². The van der Waals surface area contributed by atoms with Gasteiger partial charge in [0.2, 0.25) is 5.91 Å². The van der Waals surface area contributed by atoms with Crippen molar-refractivity contribution in [1.82, 2.24) is 14.7 Å². The van der Waals surface area contributed by atoms with Crippen LogP contribution < -0.4 is 5.32 Å². The van der Waals surface area contributed by atoms with Gasteiger partial charge in [-0.25, -0.2) is 4.98 Å². The molecule has 3 aromatic heterocycles. The Morgan fingerprint density at radius 1 is 1.34 bits per heavy atom. The fourth-order valence-corrected chi connectivity index (χ4v) is 4.35. The van der Waals surface area contributed by atoms with E-state index in [9.17, 15) is 10.1 Å². The van der Waals surface area contributed by atoms with Gasteiger partial charge in [-0.2, -0.15) is 5.26 Å². The van der Waals surface area contributed by atoms with Gasteiger partial charge in [0.25, 0.3) is 0 Å². The molecule has 0 fully saturated rings. The zero-order valence-electron chi connectivity index (χ0n) is 16.2. The molecule has 0 saturated carbocycles. The summed E-state index contributed by atoms with van der Waals surface area (Å²) in [6.07, 6.45) is 2.30. The van der Waals surface area contributed by atoms with E-state index in [0.717, 1.165) is 28.0 Å². The zero-order valence-corrected chi connectivity index (χ0v) is 17.0. The molecule has 3 heterocycles. The Morgan fingerprint density at radius 2 is 2.17 bits per heavy atom. The molecule has 29 heavy (non-hydrogen) atoms. The number of rotatable bonds is 6. The summed E-state index contributed by atoms with van der Waals surface area (Å²) in [5.74, 6) is 0.636.